The van der Waals surface area contributed by atoms with Crippen molar-refractivity contribution in [3.63, 3.8) is 0 Å². The van der Waals surface area contributed by atoms with E-state index < -0.39 is 11.4 Å². The Morgan fingerprint density at radius 3 is 3.00 bits per heavy atom. The maximum absolute atomic E-state index is 14.0. The third-order valence-electron chi connectivity index (χ3n) is 4.90. The first-order valence-corrected chi connectivity index (χ1v) is 9.24. The SMILES string of the molecule is COc1nc(N2C[C@H]3CSC(N)=N[C@@]3(c3cccnc3)C2)nc(C)c1F. The number of thioether (sulfide) groups is 1. The number of hydrogen-bond donors (Lipinski definition) is 1. The number of aromatic nitrogens is 3. The molecule has 136 valence electrons. The van der Waals surface area contributed by atoms with E-state index in [0.717, 1.165) is 11.3 Å². The van der Waals surface area contributed by atoms with Crippen molar-refractivity contribution in [2.45, 2.75) is 12.5 Å². The Kier molecular flexibility index (Phi) is 4.18. The molecular formula is C17H19FN6OS. The number of hydrogen-bond acceptors (Lipinski definition) is 8. The van der Waals surface area contributed by atoms with Crippen LogP contribution in [0.2, 0.25) is 0 Å². The summed E-state index contributed by atoms with van der Waals surface area (Å²) in [7, 11) is 1.40. The molecule has 2 aliphatic heterocycles. The van der Waals surface area contributed by atoms with Gasteiger partial charge in [0.25, 0.3) is 5.88 Å². The minimum atomic E-state index is -0.535. The molecule has 2 aliphatic rings. The van der Waals surface area contributed by atoms with E-state index in [1.54, 1.807) is 24.9 Å². The van der Waals surface area contributed by atoms with E-state index in [9.17, 15) is 4.39 Å². The summed E-state index contributed by atoms with van der Waals surface area (Å²) in [5.74, 6) is 0.932. The van der Waals surface area contributed by atoms with Crippen LogP contribution in [0.4, 0.5) is 10.3 Å². The van der Waals surface area contributed by atoms with Crippen molar-refractivity contribution in [2.24, 2.45) is 16.6 Å². The predicted octanol–water partition coefficient (Wildman–Crippen LogP) is 1.72. The Bertz CT molecular complexity index is 864. The first-order chi connectivity index (χ1) is 12.5. The van der Waals surface area contributed by atoms with Crippen molar-refractivity contribution < 1.29 is 9.13 Å². The van der Waals surface area contributed by atoms with E-state index in [1.807, 2.05) is 23.2 Å². The standard InChI is InChI=1S/C17H19FN6OS/c1-10-13(18)14(25-2)22-16(21-10)24-7-12-8-26-15(19)23-17(12,9-24)11-4-3-5-20-6-11/h3-6,12H,7-9H2,1-2H3,(H2,19,23)/t12-,17+/m0/s1. The smallest absolute Gasteiger partial charge is 0.255 e. The van der Waals surface area contributed by atoms with Crippen LogP contribution in [-0.2, 0) is 5.54 Å². The molecular weight excluding hydrogens is 355 g/mol. The van der Waals surface area contributed by atoms with Crippen LogP contribution in [0.15, 0.2) is 29.5 Å². The van der Waals surface area contributed by atoms with Gasteiger partial charge < -0.3 is 15.4 Å². The van der Waals surface area contributed by atoms with Gasteiger partial charge in [-0.2, -0.15) is 9.37 Å². The number of pyridine rings is 1. The lowest BCUT2D eigenvalue weighted by Crippen LogP contribution is -2.40. The number of aryl methyl sites for hydroxylation is 1. The van der Waals surface area contributed by atoms with Gasteiger partial charge in [-0.05, 0) is 13.0 Å². The van der Waals surface area contributed by atoms with Gasteiger partial charge in [-0.1, -0.05) is 17.8 Å². The molecule has 2 aromatic heterocycles. The molecule has 4 heterocycles. The van der Waals surface area contributed by atoms with E-state index in [2.05, 4.69) is 15.0 Å². The van der Waals surface area contributed by atoms with Crippen molar-refractivity contribution in [3.8, 4) is 5.88 Å². The van der Waals surface area contributed by atoms with Gasteiger partial charge in [-0.3, -0.25) is 4.98 Å². The molecule has 0 radical (unpaired) electrons. The normalized spacial score (nSPS) is 25.0. The minimum Gasteiger partial charge on any atom is -0.479 e. The minimum absolute atomic E-state index is 0.0461. The molecule has 2 aromatic rings. The monoisotopic (exact) mass is 374 g/mol. The number of amidine groups is 1. The number of anilines is 1. The Hall–Kier alpha value is -2.42. The molecule has 9 heteroatoms. The van der Waals surface area contributed by atoms with Crippen molar-refractivity contribution in [1.82, 2.24) is 15.0 Å². The van der Waals surface area contributed by atoms with Crippen molar-refractivity contribution >= 4 is 22.9 Å². The van der Waals surface area contributed by atoms with E-state index in [0.29, 0.717) is 24.2 Å². The van der Waals surface area contributed by atoms with Gasteiger partial charge in [0.15, 0.2) is 5.17 Å². The van der Waals surface area contributed by atoms with Crippen LogP contribution < -0.4 is 15.4 Å². The van der Waals surface area contributed by atoms with Gasteiger partial charge >= 0.3 is 0 Å². The van der Waals surface area contributed by atoms with Gasteiger partial charge in [-0.15, -0.1) is 0 Å². The largest absolute Gasteiger partial charge is 0.479 e. The fourth-order valence-corrected chi connectivity index (χ4v) is 4.57. The maximum Gasteiger partial charge on any atom is 0.255 e. The molecule has 0 unspecified atom stereocenters. The van der Waals surface area contributed by atoms with E-state index in [4.69, 9.17) is 15.5 Å². The number of nitrogens with zero attached hydrogens (tertiary/aromatic N) is 5. The van der Waals surface area contributed by atoms with E-state index in [1.165, 1.54) is 7.11 Å². The zero-order chi connectivity index (χ0) is 18.3. The van der Waals surface area contributed by atoms with Crippen LogP contribution in [0.1, 0.15) is 11.3 Å². The Labute approximate surface area is 154 Å². The van der Waals surface area contributed by atoms with Crippen molar-refractivity contribution in [3.05, 3.63) is 41.6 Å². The predicted molar refractivity (Wildman–Crippen MR) is 99.0 cm³/mol. The second-order valence-corrected chi connectivity index (χ2v) is 7.48. The first-order valence-electron chi connectivity index (χ1n) is 8.25. The highest BCUT2D eigenvalue weighted by molar-refractivity contribution is 8.13. The topological polar surface area (TPSA) is 89.5 Å². The lowest BCUT2D eigenvalue weighted by molar-refractivity contribution is 0.365. The van der Waals surface area contributed by atoms with E-state index >= 15 is 0 Å². The molecule has 26 heavy (non-hydrogen) atoms. The van der Waals surface area contributed by atoms with Crippen LogP contribution in [0.5, 0.6) is 5.88 Å². The third-order valence-corrected chi connectivity index (χ3v) is 5.86. The molecule has 0 spiro atoms. The van der Waals surface area contributed by atoms with Crippen LogP contribution in [0, 0.1) is 18.7 Å². The molecule has 1 fully saturated rings. The molecule has 0 aromatic carbocycles. The van der Waals surface area contributed by atoms with Crippen LogP contribution in [0.25, 0.3) is 0 Å². The Balaban J connectivity index is 1.76. The van der Waals surface area contributed by atoms with Gasteiger partial charge in [0.1, 0.15) is 5.54 Å². The molecule has 0 aliphatic carbocycles. The summed E-state index contributed by atoms with van der Waals surface area (Å²) in [6.45, 7) is 2.86. The van der Waals surface area contributed by atoms with Crippen molar-refractivity contribution in [2.75, 3.05) is 30.9 Å². The maximum atomic E-state index is 14.0. The Morgan fingerprint density at radius 2 is 2.27 bits per heavy atom. The van der Waals surface area contributed by atoms with Gasteiger partial charge in [-0.25, -0.2) is 9.98 Å². The number of fused-ring (bicyclic) bond motifs is 1. The zero-order valence-corrected chi connectivity index (χ0v) is 15.3. The lowest BCUT2D eigenvalue weighted by Gasteiger charge is -2.34. The summed E-state index contributed by atoms with van der Waals surface area (Å²) in [5.41, 5.74) is 6.84. The summed E-state index contributed by atoms with van der Waals surface area (Å²) in [5, 5.41) is 0.570. The van der Waals surface area contributed by atoms with Gasteiger partial charge in [0.05, 0.1) is 19.3 Å². The highest BCUT2D eigenvalue weighted by Gasteiger charge is 2.51. The number of aliphatic imine (C=N–C) groups is 1. The highest BCUT2D eigenvalue weighted by atomic mass is 32.2. The number of rotatable bonds is 3. The molecule has 1 saturated heterocycles. The van der Waals surface area contributed by atoms with Gasteiger partial charge in [0.2, 0.25) is 11.8 Å². The zero-order valence-electron chi connectivity index (χ0n) is 14.5. The quantitative estimate of drug-likeness (QED) is 0.875. The summed E-state index contributed by atoms with van der Waals surface area (Å²) in [4.78, 5) is 19.7. The van der Waals surface area contributed by atoms with Crippen LogP contribution in [-0.4, -0.2) is 46.1 Å². The summed E-state index contributed by atoms with van der Waals surface area (Å²) in [6.07, 6.45) is 3.57. The average molecular weight is 374 g/mol. The second-order valence-electron chi connectivity index (χ2n) is 6.44. The third kappa shape index (κ3) is 2.66. The van der Waals surface area contributed by atoms with E-state index in [-0.39, 0.29) is 17.5 Å². The Morgan fingerprint density at radius 1 is 1.42 bits per heavy atom. The fraction of sp³-hybridized carbons (Fsp3) is 0.412. The molecule has 2 atom stereocenters. The molecule has 0 bridgehead atoms. The van der Waals surface area contributed by atoms with Crippen LogP contribution in [0.3, 0.4) is 0 Å². The molecule has 7 nitrogen and oxygen atoms in total. The van der Waals surface area contributed by atoms with Gasteiger partial charge in [0, 0.05) is 36.2 Å². The lowest BCUT2D eigenvalue weighted by atomic mass is 9.83. The second kappa shape index (κ2) is 6.39. The summed E-state index contributed by atoms with van der Waals surface area (Å²) >= 11 is 1.55. The molecule has 2 N–H and O–H groups in total. The van der Waals surface area contributed by atoms with Crippen LogP contribution >= 0.6 is 11.8 Å². The highest BCUT2D eigenvalue weighted by Crippen LogP contribution is 2.46. The average Bonchev–Trinajstić information content (AvgIpc) is 3.04. The summed E-state index contributed by atoms with van der Waals surface area (Å²) < 4.78 is 19.1. The number of ether oxygens (including phenoxy) is 1. The number of methoxy groups -OCH3 is 1. The van der Waals surface area contributed by atoms with Crippen molar-refractivity contribution in [1.29, 1.82) is 0 Å². The molecule has 0 amide bonds. The fourth-order valence-electron chi connectivity index (χ4n) is 3.59. The first kappa shape index (κ1) is 17.0. The molecule has 0 saturated carbocycles. The number of halogens is 1. The summed E-state index contributed by atoms with van der Waals surface area (Å²) in [6, 6.07) is 3.92. The number of nitrogens with two attached hydrogens (primary N) is 1. The molecule has 4 rings (SSSR count).